The molecule has 112 valence electrons. The Kier molecular flexibility index (Phi) is 3.83. The smallest absolute Gasteiger partial charge is 0.235 e. The Bertz CT molecular complexity index is 590. The van der Waals surface area contributed by atoms with Gasteiger partial charge in [0.25, 0.3) is 0 Å². The highest BCUT2D eigenvalue weighted by molar-refractivity contribution is 5.27. The van der Waals surface area contributed by atoms with Crippen LogP contribution in [0, 0.1) is 23.4 Å². The van der Waals surface area contributed by atoms with E-state index in [-0.39, 0.29) is 11.8 Å². The van der Waals surface area contributed by atoms with E-state index in [2.05, 4.69) is 10.3 Å². The number of oxazole rings is 1. The van der Waals surface area contributed by atoms with Gasteiger partial charge in [0.2, 0.25) is 5.89 Å². The number of rotatable bonds is 4. The Hall–Kier alpha value is -2.02. The molecule has 0 saturated carbocycles. The van der Waals surface area contributed by atoms with Crippen molar-refractivity contribution in [3.63, 3.8) is 0 Å². The van der Waals surface area contributed by atoms with Crippen LogP contribution < -0.4 is 10.1 Å². The van der Waals surface area contributed by atoms with E-state index in [9.17, 15) is 13.2 Å². The second-order valence-corrected chi connectivity index (χ2v) is 4.86. The molecule has 1 aliphatic rings. The van der Waals surface area contributed by atoms with Gasteiger partial charge in [-0.15, -0.1) is 0 Å². The molecule has 1 aromatic heterocycles. The van der Waals surface area contributed by atoms with Gasteiger partial charge in [-0.25, -0.2) is 18.2 Å². The van der Waals surface area contributed by atoms with Gasteiger partial charge in [0, 0.05) is 24.6 Å². The lowest BCUT2D eigenvalue weighted by Gasteiger charge is -2.22. The van der Waals surface area contributed by atoms with Crippen molar-refractivity contribution in [2.75, 3.05) is 13.1 Å². The molecule has 0 bridgehead atoms. The van der Waals surface area contributed by atoms with Crippen LogP contribution in [0.4, 0.5) is 13.2 Å². The Labute approximate surface area is 118 Å². The average molecular weight is 298 g/mol. The zero-order valence-corrected chi connectivity index (χ0v) is 11.0. The summed E-state index contributed by atoms with van der Waals surface area (Å²) in [7, 11) is 0. The first kappa shape index (κ1) is 13.9. The van der Waals surface area contributed by atoms with Crippen molar-refractivity contribution >= 4 is 0 Å². The van der Waals surface area contributed by atoms with Crippen molar-refractivity contribution in [1.82, 2.24) is 10.3 Å². The summed E-state index contributed by atoms with van der Waals surface area (Å²) in [5.74, 6) is -3.58. The minimum atomic E-state index is -1.09. The van der Waals surface area contributed by atoms with Gasteiger partial charge in [-0.05, 0) is 13.0 Å². The molecule has 3 rings (SSSR count). The van der Waals surface area contributed by atoms with E-state index < -0.39 is 29.3 Å². The summed E-state index contributed by atoms with van der Waals surface area (Å²) in [4.78, 5) is 4.00. The van der Waals surface area contributed by atoms with Crippen LogP contribution in [-0.2, 0) is 0 Å². The molecule has 2 atom stereocenters. The molecule has 1 saturated heterocycles. The molecule has 1 aliphatic heterocycles. The molecule has 7 heteroatoms. The summed E-state index contributed by atoms with van der Waals surface area (Å²) in [5, 5.41) is 3.14. The SMILES string of the molecule is Fc1cc(F)c(OC(c2ncco2)C2CCNC2)c(F)c1. The largest absolute Gasteiger partial charge is 0.474 e. The minimum Gasteiger partial charge on any atom is -0.474 e. The van der Waals surface area contributed by atoms with Gasteiger partial charge < -0.3 is 14.5 Å². The van der Waals surface area contributed by atoms with Crippen LogP contribution in [0.25, 0.3) is 0 Å². The lowest BCUT2D eigenvalue weighted by Crippen LogP contribution is -2.22. The Morgan fingerprint density at radius 3 is 2.62 bits per heavy atom. The fourth-order valence-corrected chi connectivity index (χ4v) is 2.43. The van der Waals surface area contributed by atoms with Crippen molar-refractivity contribution in [1.29, 1.82) is 0 Å². The number of hydrogen-bond donors (Lipinski definition) is 1. The van der Waals surface area contributed by atoms with Crippen molar-refractivity contribution in [3.8, 4) is 5.75 Å². The van der Waals surface area contributed by atoms with E-state index in [0.717, 1.165) is 13.0 Å². The van der Waals surface area contributed by atoms with Crippen LogP contribution in [0.3, 0.4) is 0 Å². The number of nitrogens with zero attached hydrogens (tertiary/aromatic N) is 1. The summed E-state index contributed by atoms with van der Waals surface area (Å²) >= 11 is 0. The van der Waals surface area contributed by atoms with E-state index in [1.165, 1.54) is 12.5 Å². The predicted octanol–water partition coefficient (Wildman–Crippen LogP) is 2.82. The number of nitrogens with one attached hydrogen (secondary N) is 1. The number of benzene rings is 1. The average Bonchev–Trinajstić information content (AvgIpc) is 3.11. The van der Waals surface area contributed by atoms with Gasteiger partial charge in [0.1, 0.15) is 12.1 Å². The van der Waals surface area contributed by atoms with Crippen molar-refractivity contribution in [3.05, 3.63) is 47.9 Å². The van der Waals surface area contributed by atoms with Crippen LogP contribution in [0.15, 0.2) is 29.0 Å². The lowest BCUT2D eigenvalue weighted by molar-refractivity contribution is 0.103. The van der Waals surface area contributed by atoms with E-state index >= 15 is 0 Å². The second-order valence-electron chi connectivity index (χ2n) is 4.86. The quantitative estimate of drug-likeness (QED) is 0.943. The molecule has 0 aliphatic carbocycles. The Balaban J connectivity index is 1.91. The molecule has 4 nitrogen and oxygen atoms in total. The van der Waals surface area contributed by atoms with E-state index in [0.29, 0.717) is 18.7 Å². The lowest BCUT2D eigenvalue weighted by atomic mass is 10.0. The highest BCUT2D eigenvalue weighted by Gasteiger charge is 2.33. The summed E-state index contributed by atoms with van der Waals surface area (Å²) < 4.78 is 51.0. The molecule has 1 fully saturated rings. The Morgan fingerprint density at radius 2 is 2.05 bits per heavy atom. The molecule has 0 spiro atoms. The van der Waals surface area contributed by atoms with Crippen LogP contribution >= 0.6 is 0 Å². The van der Waals surface area contributed by atoms with Crippen molar-refractivity contribution in [2.24, 2.45) is 5.92 Å². The third-order valence-corrected chi connectivity index (χ3v) is 3.43. The predicted molar refractivity (Wildman–Crippen MR) is 67.2 cm³/mol. The summed E-state index contributed by atoms with van der Waals surface area (Å²) in [6.45, 7) is 1.40. The molecule has 2 unspecified atom stereocenters. The Morgan fingerprint density at radius 1 is 1.29 bits per heavy atom. The first-order valence-electron chi connectivity index (χ1n) is 6.56. The van der Waals surface area contributed by atoms with Gasteiger partial charge in [-0.3, -0.25) is 0 Å². The summed E-state index contributed by atoms with van der Waals surface area (Å²) in [6.07, 6.45) is 2.83. The van der Waals surface area contributed by atoms with Crippen LogP contribution in [-0.4, -0.2) is 18.1 Å². The third kappa shape index (κ3) is 2.87. The summed E-state index contributed by atoms with van der Waals surface area (Å²) in [6, 6.07) is 1.16. The molecule has 2 heterocycles. The maximum atomic E-state index is 13.7. The van der Waals surface area contributed by atoms with Crippen molar-refractivity contribution in [2.45, 2.75) is 12.5 Å². The normalized spacial score (nSPS) is 19.7. The molecular formula is C14H13F3N2O2. The molecule has 2 aromatic rings. The van der Waals surface area contributed by atoms with Crippen LogP contribution in [0.2, 0.25) is 0 Å². The first-order valence-corrected chi connectivity index (χ1v) is 6.56. The second kappa shape index (κ2) is 5.77. The van der Waals surface area contributed by atoms with Crippen LogP contribution in [0.5, 0.6) is 5.75 Å². The van der Waals surface area contributed by atoms with Gasteiger partial charge in [-0.2, -0.15) is 0 Å². The van der Waals surface area contributed by atoms with Gasteiger partial charge in [-0.1, -0.05) is 0 Å². The molecule has 21 heavy (non-hydrogen) atoms. The number of ether oxygens (including phenoxy) is 1. The molecule has 1 aromatic carbocycles. The number of halogens is 3. The van der Waals surface area contributed by atoms with Crippen LogP contribution in [0.1, 0.15) is 18.4 Å². The molecule has 1 N–H and O–H groups in total. The molecule has 0 amide bonds. The van der Waals surface area contributed by atoms with E-state index in [4.69, 9.17) is 9.15 Å². The van der Waals surface area contributed by atoms with Gasteiger partial charge in [0.15, 0.2) is 23.5 Å². The minimum absolute atomic E-state index is 0.0347. The topological polar surface area (TPSA) is 47.3 Å². The molecule has 0 radical (unpaired) electrons. The van der Waals surface area contributed by atoms with E-state index in [1.54, 1.807) is 0 Å². The number of hydrogen-bond acceptors (Lipinski definition) is 4. The fourth-order valence-electron chi connectivity index (χ4n) is 2.43. The third-order valence-electron chi connectivity index (χ3n) is 3.43. The first-order chi connectivity index (χ1) is 10.1. The maximum Gasteiger partial charge on any atom is 0.235 e. The molecular weight excluding hydrogens is 285 g/mol. The zero-order chi connectivity index (χ0) is 14.8. The van der Waals surface area contributed by atoms with E-state index in [1.807, 2.05) is 0 Å². The monoisotopic (exact) mass is 298 g/mol. The summed E-state index contributed by atoms with van der Waals surface area (Å²) in [5.41, 5.74) is 0. The fraction of sp³-hybridized carbons (Fsp3) is 0.357. The van der Waals surface area contributed by atoms with Crippen molar-refractivity contribution < 1.29 is 22.3 Å². The maximum absolute atomic E-state index is 13.7. The zero-order valence-electron chi connectivity index (χ0n) is 11.0. The highest BCUT2D eigenvalue weighted by atomic mass is 19.1. The highest BCUT2D eigenvalue weighted by Crippen LogP contribution is 2.34. The number of aromatic nitrogens is 1. The van der Waals surface area contributed by atoms with Gasteiger partial charge >= 0.3 is 0 Å². The standard InChI is InChI=1S/C14H13F3N2O2/c15-9-5-10(16)13(11(17)6-9)21-12(8-1-2-18-7-8)14-19-3-4-20-14/h3-6,8,12,18H,1-2,7H2. The van der Waals surface area contributed by atoms with Gasteiger partial charge in [0.05, 0.1) is 6.20 Å².